The number of fused-ring (bicyclic) bond motifs is 4. The van der Waals surface area contributed by atoms with Crippen LogP contribution in [0.1, 0.15) is 5.56 Å². The van der Waals surface area contributed by atoms with Crippen LogP contribution in [0.2, 0.25) is 0 Å². The van der Waals surface area contributed by atoms with Gasteiger partial charge in [0.2, 0.25) is 0 Å². The Morgan fingerprint density at radius 3 is 1.43 bits per heavy atom. The molecule has 6 aromatic rings. The third-order valence-electron chi connectivity index (χ3n) is 7.56. The molecule has 2 aliphatic heterocycles. The summed E-state index contributed by atoms with van der Waals surface area (Å²) in [4.78, 5) is 14.0. The summed E-state index contributed by atoms with van der Waals surface area (Å²) < 4.78 is 0. The lowest BCUT2D eigenvalue weighted by molar-refractivity contribution is 1.15. The van der Waals surface area contributed by atoms with E-state index in [4.69, 9.17) is 0 Å². The molecule has 8 rings (SSSR count). The molecule has 6 heteroatoms. The largest absolute Gasteiger partial charge is 0.308 e. The lowest BCUT2D eigenvalue weighted by Crippen LogP contribution is -2.17. The van der Waals surface area contributed by atoms with Crippen LogP contribution < -0.4 is 9.80 Å². The highest BCUT2D eigenvalue weighted by molar-refractivity contribution is 8.00. The summed E-state index contributed by atoms with van der Waals surface area (Å²) in [5.74, 6) is 0. The maximum atomic E-state index is 10.0. The monoisotopic (exact) mass is 574 g/mol. The predicted molar refractivity (Wildman–Crippen MR) is 172 cm³/mol. The Labute approximate surface area is 252 Å². The molecule has 0 radical (unpaired) electrons. The summed E-state index contributed by atoms with van der Waals surface area (Å²) in [6.07, 6.45) is 3.78. The molecule has 0 spiro atoms. The van der Waals surface area contributed by atoms with Crippen molar-refractivity contribution in [3.8, 4) is 17.2 Å². The van der Waals surface area contributed by atoms with Crippen LogP contribution in [-0.2, 0) is 0 Å². The van der Waals surface area contributed by atoms with E-state index in [1.54, 1.807) is 23.5 Å². The molecule has 0 atom stereocenters. The molecule has 2 aliphatic rings. The standard InChI is InChI=1S/C36H22N4S2/c37-22-24-17-18-27(39-29-9-1-5-13-33(29)41-34-14-6-2-10-30(34)39)25(21-24)26-23-38-20-19-28(26)40-31-11-3-7-15-35(31)42-36-16-8-4-12-32(36)40/h1-21,23H. The molecule has 0 aliphatic carbocycles. The minimum atomic E-state index is 0.603. The van der Waals surface area contributed by atoms with Gasteiger partial charge >= 0.3 is 0 Å². The van der Waals surface area contributed by atoms with Gasteiger partial charge in [-0.05, 0) is 72.8 Å². The number of para-hydroxylation sites is 4. The molecule has 0 amide bonds. The molecule has 4 nitrogen and oxygen atoms in total. The number of hydrogen-bond acceptors (Lipinski definition) is 6. The second kappa shape index (κ2) is 10.1. The fraction of sp³-hybridized carbons (Fsp3) is 0. The molecule has 0 fully saturated rings. The van der Waals surface area contributed by atoms with Crippen molar-refractivity contribution in [3.63, 3.8) is 0 Å². The Morgan fingerprint density at radius 2 is 0.952 bits per heavy atom. The van der Waals surface area contributed by atoms with Gasteiger partial charge in [0.1, 0.15) is 0 Å². The fourth-order valence-corrected chi connectivity index (χ4v) is 7.85. The van der Waals surface area contributed by atoms with E-state index in [1.165, 1.54) is 19.6 Å². The molecule has 0 saturated heterocycles. The van der Waals surface area contributed by atoms with Gasteiger partial charge in [-0.3, -0.25) is 4.98 Å². The van der Waals surface area contributed by atoms with Gasteiger partial charge in [-0.1, -0.05) is 72.1 Å². The van der Waals surface area contributed by atoms with Crippen LogP contribution >= 0.6 is 23.5 Å². The van der Waals surface area contributed by atoms with Gasteiger partial charge in [-0.2, -0.15) is 5.26 Å². The van der Waals surface area contributed by atoms with Crippen molar-refractivity contribution < 1.29 is 0 Å². The zero-order valence-electron chi connectivity index (χ0n) is 22.3. The van der Waals surface area contributed by atoms with E-state index in [0.717, 1.165) is 45.3 Å². The summed E-state index contributed by atoms with van der Waals surface area (Å²) in [5.41, 5.74) is 8.98. The van der Waals surface area contributed by atoms with Crippen LogP contribution in [0.15, 0.2) is 153 Å². The van der Waals surface area contributed by atoms with Crippen LogP contribution in [0.25, 0.3) is 11.1 Å². The molecule has 3 heterocycles. The summed E-state index contributed by atoms with van der Waals surface area (Å²) in [6.45, 7) is 0. The number of rotatable bonds is 3. The first-order valence-corrected chi connectivity index (χ1v) is 15.2. The number of anilines is 6. The molecule has 0 saturated carbocycles. The van der Waals surface area contributed by atoms with Gasteiger partial charge in [0, 0.05) is 43.1 Å². The van der Waals surface area contributed by atoms with E-state index in [2.05, 4.69) is 130 Å². The third kappa shape index (κ3) is 3.98. The Hall–Kier alpha value is -4.96. The van der Waals surface area contributed by atoms with Crippen molar-refractivity contribution in [2.45, 2.75) is 19.6 Å². The van der Waals surface area contributed by atoms with Crippen LogP contribution in [0, 0.1) is 11.3 Å². The zero-order valence-corrected chi connectivity index (χ0v) is 23.9. The molecular formula is C36H22N4S2. The van der Waals surface area contributed by atoms with E-state index in [9.17, 15) is 5.26 Å². The Kier molecular flexibility index (Phi) is 5.99. The van der Waals surface area contributed by atoms with Crippen molar-refractivity contribution in [2.24, 2.45) is 0 Å². The van der Waals surface area contributed by atoms with Crippen molar-refractivity contribution >= 4 is 57.6 Å². The van der Waals surface area contributed by atoms with Gasteiger partial charge in [0.05, 0.1) is 45.8 Å². The second-order valence-electron chi connectivity index (χ2n) is 9.98. The molecule has 0 unspecified atom stereocenters. The first-order valence-electron chi connectivity index (χ1n) is 13.6. The van der Waals surface area contributed by atoms with Gasteiger partial charge in [0.15, 0.2) is 0 Å². The highest BCUT2D eigenvalue weighted by Crippen LogP contribution is 2.56. The van der Waals surface area contributed by atoms with Gasteiger partial charge in [0.25, 0.3) is 0 Å². The Balaban J connectivity index is 1.40. The third-order valence-corrected chi connectivity index (χ3v) is 9.82. The van der Waals surface area contributed by atoms with Gasteiger partial charge in [-0.25, -0.2) is 0 Å². The lowest BCUT2D eigenvalue weighted by atomic mass is 9.98. The number of benzene rings is 5. The smallest absolute Gasteiger partial charge is 0.0991 e. The van der Waals surface area contributed by atoms with Crippen LogP contribution in [0.3, 0.4) is 0 Å². The van der Waals surface area contributed by atoms with E-state index in [-0.39, 0.29) is 0 Å². The second-order valence-corrected chi connectivity index (χ2v) is 12.1. The highest BCUT2D eigenvalue weighted by Gasteiger charge is 2.30. The fourth-order valence-electron chi connectivity index (χ4n) is 5.73. The summed E-state index contributed by atoms with van der Waals surface area (Å²) in [6, 6.07) is 44.5. The van der Waals surface area contributed by atoms with E-state index >= 15 is 0 Å². The van der Waals surface area contributed by atoms with Crippen molar-refractivity contribution in [3.05, 3.63) is 139 Å². The maximum absolute atomic E-state index is 10.0. The number of pyridine rings is 1. The van der Waals surface area contributed by atoms with Crippen molar-refractivity contribution in [1.29, 1.82) is 5.26 Å². The molecule has 1 aromatic heterocycles. The van der Waals surface area contributed by atoms with E-state index in [1.807, 2.05) is 24.5 Å². The summed E-state index contributed by atoms with van der Waals surface area (Å²) >= 11 is 3.57. The highest BCUT2D eigenvalue weighted by atomic mass is 32.2. The topological polar surface area (TPSA) is 43.2 Å². The number of aromatic nitrogens is 1. The van der Waals surface area contributed by atoms with Crippen LogP contribution in [0.4, 0.5) is 34.1 Å². The number of nitrogens with zero attached hydrogens (tertiary/aromatic N) is 4. The minimum absolute atomic E-state index is 0.603. The average molecular weight is 575 g/mol. The van der Waals surface area contributed by atoms with Crippen molar-refractivity contribution in [2.75, 3.05) is 9.80 Å². The first kappa shape index (κ1) is 24.8. The normalized spacial score (nSPS) is 12.9. The van der Waals surface area contributed by atoms with E-state index < -0.39 is 0 Å². The molecule has 0 N–H and O–H groups in total. The van der Waals surface area contributed by atoms with Crippen LogP contribution in [0.5, 0.6) is 0 Å². The zero-order chi connectivity index (χ0) is 28.0. The minimum Gasteiger partial charge on any atom is -0.308 e. The first-order chi connectivity index (χ1) is 20.8. The lowest BCUT2D eigenvalue weighted by Gasteiger charge is -2.36. The molecular weight excluding hydrogens is 553 g/mol. The van der Waals surface area contributed by atoms with E-state index in [0.29, 0.717) is 5.56 Å². The molecule has 42 heavy (non-hydrogen) atoms. The Morgan fingerprint density at radius 1 is 0.500 bits per heavy atom. The predicted octanol–water partition coefficient (Wildman–Crippen LogP) is 10.5. The molecule has 5 aromatic carbocycles. The Bertz CT molecular complexity index is 1960. The SMILES string of the molecule is N#Cc1ccc(N2c3ccccc3Sc3ccccc32)c(-c2cnccc2N2c3ccccc3Sc3ccccc32)c1. The van der Waals surface area contributed by atoms with Gasteiger partial charge in [-0.15, -0.1) is 0 Å². The van der Waals surface area contributed by atoms with Gasteiger partial charge < -0.3 is 9.80 Å². The van der Waals surface area contributed by atoms with Crippen LogP contribution in [-0.4, -0.2) is 4.98 Å². The van der Waals surface area contributed by atoms with Crippen molar-refractivity contribution in [1.82, 2.24) is 4.98 Å². The summed E-state index contributed by atoms with van der Waals surface area (Å²) in [5, 5.41) is 10.0. The number of hydrogen-bond donors (Lipinski definition) is 0. The average Bonchev–Trinajstić information content (AvgIpc) is 3.06. The molecule has 0 bridgehead atoms. The summed E-state index contributed by atoms with van der Waals surface area (Å²) in [7, 11) is 0. The maximum Gasteiger partial charge on any atom is 0.0991 e. The quantitative estimate of drug-likeness (QED) is 0.209. The molecule has 198 valence electrons. The number of nitriles is 1.